The van der Waals surface area contributed by atoms with E-state index in [9.17, 15) is 19.5 Å². The summed E-state index contributed by atoms with van der Waals surface area (Å²) in [5.41, 5.74) is -2.31. The minimum atomic E-state index is -1.29. The van der Waals surface area contributed by atoms with Gasteiger partial charge in [-0.25, -0.2) is 0 Å². The molecular weight excluding hydrogens is 424 g/mol. The minimum absolute atomic E-state index is 0.190. The average Bonchev–Trinajstić information content (AvgIpc) is 3.16. The molecule has 4 aliphatic heterocycles. The van der Waals surface area contributed by atoms with Gasteiger partial charge in [-0.1, -0.05) is 51.0 Å². The molecule has 2 saturated heterocycles. The molecule has 0 aromatic carbocycles. The number of ether oxygens (including phenoxy) is 2. The number of hydrogen-bond donors (Lipinski definition) is 1. The Kier molecular flexibility index (Phi) is 6.69. The quantitative estimate of drug-likeness (QED) is 0.354. The van der Waals surface area contributed by atoms with Crippen LogP contribution in [-0.2, 0) is 23.9 Å². The molecule has 33 heavy (non-hydrogen) atoms. The van der Waals surface area contributed by atoms with E-state index >= 15 is 0 Å². The number of likely N-dealkylation sites (tertiary alicyclic amines) is 1. The first-order valence-electron chi connectivity index (χ1n) is 12.3. The van der Waals surface area contributed by atoms with Gasteiger partial charge >= 0.3 is 5.97 Å². The summed E-state index contributed by atoms with van der Waals surface area (Å²) in [7, 11) is 0. The summed E-state index contributed by atoms with van der Waals surface area (Å²) in [4.78, 5) is 44.4. The minimum Gasteiger partial charge on any atom is -0.465 e. The van der Waals surface area contributed by atoms with Crippen LogP contribution in [0.1, 0.15) is 52.9 Å². The average molecular weight is 461 g/mol. The fraction of sp³-hybridized carbons (Fsp3) is 0.720. The molecule has 2 fully saturated rings. The monoisotopic (exact) mass is 460 g/mol. The van der Waals surface area contributed by atoms with Crippen LogP contribution in [-0.4, -0.2) is 82.3 Å². The van der Waals surface area contributed by atoms with Crippen LogP contribution >= 0.6 is 0 Å². The van der Waals surface area contributed by atoms with Gasteiger partial charge in [-0.2, -0.15) is 0 Å². The standard InChI is InChI=1S/C25H36N2O6/c1-4-6-8-13-26-14-10-12-25-18(21(29)27(17(3)16-28)20(25)22(26)30)19-23(31)32-15-9-7-11-24(19,5-2)33-25/h7,10-12,17-20,28H,4-6,8-9,13-16H2,1-3H3/t17-,18+,19+,20?,24-,25+/m1/s1. The van der Waals surface area contributed by atoms with Crippen molar-refractivity contribution in [2.45, 2.75) is 76.2 Å². The smallest absolute Gasteiger partial charge is 0.313 e. The van der Waals surface area contributed by atoms with Gasteiger partial charge in [0.15, 0.2) is 0 Å². The van der Waals surface area contributed by atoms with Crippen LogP contribution in [0.3, 0.4) is 0 Å². The number of nitrogens with zero attached hydrogens (tertiary/aromatic N) is 2. The zero-order chi connectivity index (χ0) is 23.8. The maximum Gasteiger partial charge on any atom is 0.313 e. The van der Waals surface area contributed by atoms with Crippen LogP contribution in [0.25, 0.3) is 0 Å². The van der Waals surface area contributed by atoms with Gasteiger partial charge in [0.2, 0.25) is 11.8 Å². The van der Waals surface area contributed by atoms with Gasteiger partial charge in [0.25, 0.3) is 0 Å². The first-order valence-corrected chi connectivity index (χ1v) is 12.3. The van der Waals surface area contributed by atoms with E-state index in [1.54, 1.807) is 11.8 Å². The fourth-order valence-corrected chi connectivity index (χ4v) is 6.03. The molecule has 182 valence electrons. The zero-order valence-electron chi connectivity index (χ0n) is 19.9. The normalized spacial score (nSPS) is 36.6. The van der Waals surface area contributed by atoms with E-state index < -0.39 is 41.1 Å². The van der Waals surface area contributed by atoms with Crippen molar-refractivity contribution in [1.29, 1.82) is 0 Å². The maximum atomic E-state index is 13.9. The highest BCUT2D eigenvalue weighted by molar-refractivity contribution is 5.99. The Labute approximate surface area is 195 Å². The molecule has 1 spiro atoms. The highest BCUT2D eigenvalue weighted by Crippen LogP contribution is 2.58. The third-order valence-electron chi connectivity index (χ3n) is 7.69. The second-order valence-electron chi connectivity index (χ2n) is 9.65. The Morgan fingerprint density at radius 2 is 1.91 bits per heavy atom. The molecule has 0 bridgehead atoms. The molecule has 8 heteroatoms. The van der Waals surface area contributed by atoms with Crippen LogP contribution in [0.5, 0.6) is 0 Å². The third kappa shape index (κ3) is 3.62. The Balaban J connectivity index is 1.84. The molecule has 4 rings (SSSR count). The van der Waals surface area contributed by atoms with Crippen LogP contribution in [0.15, 0.2) is 24.3 Å². The van der Waals surface area contributed by atoms with Crippen LogP contribution in [0.4, 0.5) is 0 Å². The summed E-state index contributed by atoms with van der Waals surface area (Å²) in [5.74, 6) is -2.72. The van der Waals surface area contributed by atoms with E-state index in [4.69, 9.17) is 9.47 Å². The SMILES string of the molecule is CCCCCN1CC=C[C@]23O[C@]4(CC)C=CCCOC(=O)[C@@H]4[C@H]2C(=O)N([C@H](C)CO)C3C1=O. The number of carbonyl (C=O) groups is 3. The Hall–Kier alpha value is -2.19. The summed E-state index contributed by atoms with van der Waals surface area (Å²) in [6.45, 7) is 6.74. The number of amides is 2. The van der Waals surface area contributed by atoms with Gasteiger partial charge in [-0.15, -0.1) is 0 Å². The van der Waals surface area contributed by atoms with Crippen molar-refractivity contribution in [1.82, 2.24) is 9.80 Å². The van der Waals surface area contributed by atoms with Gasteiger partial charge < -0.3 is 24.4 Å². The number of carbonyl (C=O) groups excluding carboxylic acids is 3. The lowest BCUT2D eigenvalue weighted by Crippen LogP contribution is -2.58. The number of fused-ring (bicyclic) bond motifs is 2. The number of hydrogen-bond acceptors (Lipinski definition) is 6. The van der Waals surface area contributed by atoms with Crippen LogP contribution < -0.4 is 0 Å². The highest BCUT2D eigenvalue weighted by Gasteiger charge is 2.75. The number of aliphatic hydroxyl groups is 1. The summed E-state index contributed by atoms with van der Waals surface area (Å²) < 4.78 is 12.3. The van der Waals surface area contributed by atoms with Crippen molar-refractivity contribution in [3.05, 3.63) is 24.3 Å². The summed E-state index contributed by atoms with van der Waals surface area (Å²) in [5, 5.41) is 9.94. The summed E-state index contributed by atoms with van der Waals surface area (Å²) in [6.07, 6.45) is 11.5. The highest BCUT2D eigenvalue weighted by atomic mass is 16.6. The number of esters is 1. The summed E-state index contributed by atoms with van der Waals surface area (Å²) >= 11 is 0. The molecule has 0 aromatic rings. The number of cyclic esters (lactones) is 1. The molecule has 0 saturated carbocycles. The fourth-order valence-electron chi connectivity index (χ4n) is 6.03. The second-order valence-corrected chi connectivity index (χ2v) is 9.65. The van der Waals surface area contributed by atoms with Crippen LogP contribution in [0, 0.1) is 11.8 Å². The molecule has 0 aromatic heterocycles. The van der Waals surface area contributed by atoms with E-state index in [2.05, 4.69) is 6.92 Å². The Bertz CT molecular complexity index is 856. The van der Waals surface area contributed by atoms with E-state index in [1.165, 1.54) is 4.90 Å². The zero-order valence-corrected chi connectivity index (χ0v) is 19.9. The first-order chi connectivity index (χ1) is 15.9. The van der Waals surface area contributed by atoms with Crippen molar-refractivity contribution in [3.63, 3.8) is 0 Å². The Morgan fingerprint density at radius 3 is 2.61 bits per heavy atom. The first kappa shape index (κ1) is 24.0. The predicted octanol–water partition coefficient (Wildman–Crippen LogP) is 1.82. The topological polar surface area (TPSA) is 96.4 Å². The lowest BCUT2D eigenvalue weighted by Gasteiger charge is -2.40. The lowest BCUT2D eigenvalue weighted by molar-refractivity contribution is -0.163. The van der Waals surface area contributed by atoms with Crippen molar-refractivity contribution < 1.29 is 29.0 Å². The Morgan fingerprint density at radius 1 is 1.12 bits per heavy atom. The van der Waals surface area contributed by atoms with E-state index in [1.807, 2.05) is 31.2 Å². The van der Waals surface area contributed by atoms with Gasteiger partial charge in [-0.3, -0.25) is 14.4 Å². The molecular formula is C25H36N2O6. The molecule has 0 aliphatic carbocycles. The largest absolute Gasteiger partial charge is 0.465 e. The lowest BCUT2D eigenvalue weighted by atomic mass is 9.73. The second kappa shape index (κ2) is 9.22. The van der Waals surface area contributed by atoms with E-state index in [-0.39, 0.29) is 25.0 Å². The number of rotatable bonds is 7. The van der Waals surface area contributed by atoms with Gasteiger partial charge in [0.05, 0.1) is 25.2 Å². The molecule has 4 aliphatic rings. The molecule has 1 N–H and O–H groups in total. The molecule has 6 atom stereocenters. The number of aliphatic hydroxyl groups excluding tert-OH is 1. The van der Waals surface area contributed by atoms with Crippen molar-refractivity contribution in [2.24, 2.45) is 11.8 Å². The van der Waals surface area contributed by atoms with Gasteiger partial charge in [0.1, 0.15) is 23.2 Å². The van der Waals surface area contributed by atoms with Crippen LogP contribution in [0.2, 0.25) is 0 Å². The molecule has 4 heterocycles. The van der Waals surface area contributed by atoms with Gasteiger partial charge in [-0.05, 0) is 26.2 Å². The molecule has 8 nitrogen and oxygen atoms in total. The van der Waals surface area contributed by atoms with E-state index in [0.717, 1.165) is 19.3 Å². The molecule has 2 amide bonds. The van der Waals surface area contributed by atoms with Gasteiger partial charge in [0, 0.05) is 13.1 Å². The maximum absolute atomic E-state index is 13.9. The summed E-state index contributed by atoms with van der Waals surface area (Å²) in [6, 6.07) is -1.52. The third-order valence-corrected chi connectivity index (χ3v) is 7.69. The number of unbranched alkanes of at least 4 members (excludes halogenated alkanes) is 2. The van der Waals surface area contributed by atoms with Crippen molar-refractivity contribution >= 4 is 17.8 Å². The predicted molar refractivity (Wildman–Crippen MR) is 121 cm³/mol. The van der Waals surface area contributed by atoms with Crippen molar-refractivity contribution in [3.8, 4) is 0 Å². The molecule has 0 radical (unpaired) electrons. The van der Waals surface area contributed by atoms with Crippen molar-refractivity contribution in [2.75, 3.05) is 26.3 Å². The molecule has 1 unspecified atom stereocenters. The van der Waals surface area contributed by atoms with E-state index in [0.29, 0.717) is 25.9 Å².